The molecule has 2 aromatic heterocycles. The summed E-state index contributed by atoms with van der Waals surface area (Å²) in [6.45, 7) is 0. The number of benzene rings is 2. The number of thiophene rings is 1. The van der Waals surface area contributed by atoms with Crippen LogP contribution >= 0.6 is 22.7 Å². The maximum atomic E-state index is 12.5. The van der Waals surface area contributed by atoms with Gasteiger partial charge in [-0.1, -0.05) is 6.07 Å². The highest BCUT2D eigenvalue weighted by Gasteiger charge is 2.15. The van der Waals surface area contributed by atoms with E-state index in [1.807, 2.05) is 22.9 Å². The highest BCUT2D eigenvalue weighted by molar-refractivity contribution is 7.92. The topological polar surface area (TPSA) is 97.4 Å². The monoisotopic (exact) mass is 471 g/mol. The van der Waals surface area contributed by atoms with Crippen molar-refractivity contribution >= 4 is 49.4 Å². The average Bonchev–Trinajstić information content (AvgIpc) is 3.46. The number of aromatic nitrogens is 1. The van der Waals surface area contributed by atoms with Gasteiger partial charge in [0.25, 0.3) is 15.9 Å². The van der Waals surface area contributed by atoms with E-state index in [0.717, 1.165) is 10.6 Å². The Hall–Kier alpha value is -3.21. The van der Waals surface area contributed by atoms with Crippen molar-refractivity contribution in [2.45, 2.75) is 4.90 Å². The zero-order valence-electron chi connectivity index (χ0n) is 16.2. The molecular formula is C21H17N3O4S3. The van der Waals surface area contributed by atoms with Gasteiger partial charge in [-0.15, -0.1) is 22.7 Å². The van der Waals surface area contributed by atoms with Crippen LogP contribution in [-0.4, -0.2) is 26.4 Å². The van der Waals surface area contributed by atoms with Gasteiger partial charge in [-0.3, -0.25) is 14.8 Å². The first kappa shape index (κ1) is 21.0. The molecule has 0 bridgehead atoms. The van der Waals surface area contributed by atoms with E-state index >= 15 is 0 Å². The smallest absolute Gasteiger partial charge is 0.261 e. The number of rotatable bonds is 7. The summed E-state index contributed by atoms with van der Waals surface area (Å²) in [6, 6.07) is 16.2. The first-order valence-electron chi connectivity index (χ1n) is 9.02. The Kier molecular flexibility index (Phi) is 6.03. The quantitative estimate of drug-likeness (QED) is 0.398. The van der Waals surface area contributed by atoms with Gasteiger partial charge in [0.1, 0.15) is 5.75 Å². The van der Waals surface area contributed by atoms with E-state index < -0.39 is 10.0 Å². The lowest BCUT2D eigenvalue weighted by atomic mass is 10.2. The number of carbonyl (C=O) groups is 1. The molecule has 2 aromatic carbocycles. The minimum absolute atomic E-state index is 0.112. The van der Waals surface area contributed by atoms with Gasteiger partial charge in [-0.25, -0.2) is 13.4 Å². The molecule has 4 rings (SSSR count). The van der Waals surface area contributed by atoms with Crippen molar-refractivity contribution in [3.63, 3.8) is 0 Å². The van der Waals surface area contributed by atoms with Crippen LogP contribution in [0.4, 0.5) is 10.8 Å². The van der Waals surface area contributed by atoms with Gasteiger partial charge in [-0.05, 0) is 60.0 Å². The van der Waals surface area contributed by atoms with E-state index in [4.69, 9.17) is 4.74 Å². The van der Waals surface area contributed by atoms with Crippen LogP contribution in [0.1, 0.15) is 10.4 Å². The second-order valence-electron chi connectivity index (χ2n) is 6.33. The van der Waals surface area contributed by atoms with Gasteiger partial charge in [0.2, 0.25) is 0 Å². The molecule has 2 heterocycles. The fourth-order valence-electron chi connectivity index (χ4n) is 2.70. The standard InChI is InChI=1S/C21H17N3O4S3/c1-28-16-8-10-17(11-9-16)31(26,27)24-15-6-4-14(5-7-15)20(25)23-21-22-18(13-30-21)19-3-2-12-29-19/h2-13,24H,1H3,(H,22,23,25). The molecule has 10 heteroatoms. The molecule has 0 saturated heterocycles. The molecule has 31 heavy (non-hydrogen) atoms. The molecule has 2 N–H and O–H groups in total. The Labute approximate surface area is 187 Å². The Morgan fingerprint density at radius 3 is 2.39 bits per heavy atom. The van der Waals surface area contributed by atoms with Gasteiger partial charge in [-0.2, -0.15) is 0 Å². The number of methoxy groups -OCH3 is 1. The Balaban J connectivity index is 1.42. The molecular weight excluding hydrogens is 454 g/mol. The molecule has 0 fully saturated rings. The number of ether oxygens (including phenoxy) is 1. The fourth-order valence-corrected chi connectivity index (χ4v) is 5.22. The molecule has 0 aliphatic heterocycles. The zero-order chi connectivity index (χ0) is 21.8. The predicted octanol–water partition coefficient (Wildman–Crippen LogP) is 4.93. The summed E-state index contributed by atoms with van der Waals surface area (Å²) < 4.78 is 32.6. The van der Waals surface area contributed by atoms with Crippen LogP contribution in [0, 0.1) is 0 Å². The lowest BCUT2D eigenvalue weighted by Gasteiger charge is -2.09. The molecule has 158 valence electrons. The van der Waals surface area contributed by atoms with Crippen LogP contribution in [0.2, 0.25) is 0 Å². The number of carbonyl (C=O) groups excluding carboxylic acids is 1. The molecule has 0 aliphatic carbocycles. The average molecular weight is 472 g/mol. The number of anilines is 2. The molecule has 0 aliphatic rings. The summed E-state index contributed by atoms with van der Waals surface area (Å²) in [4.78, 5) is 18.1. The van der Waals surface area contributed by atoms with Gasteiger partial charge in [0.05, 0.1) is 22.6 Å². The van der Waals surface area contributed by atoms with Gasteiger partial charge in [0, 0.05) is 16.6 Å². The number of hydrogen-bond donors (Lipinski definition) is 2. The third kappa shape index (κ3) is 4.93. The van der Waals surface area contributed by atoms with Crippen LogP contribution in [0.5, 0.6) is 5.75 Å². The SMILES string of the molecule is COc1ccc(S(=O)(=O)Nc2ccc(C(=O)Nc3nc(-c4cccs4)cs3)cc2)cc1. The van der Waals surface area contributed by atoms with E-state index in [1.54, 1.807) is 35.6 Å². The van der Waals surface area contributed by atoms with Crippen molar-refractivity contribution in [3.05, 3.63) is 77.0 Å². The van der Waals surface area contributed by atoms with Crippen LogP contribution < -0.4 is 14.8 Å². The van der Waals surface area contributed by atoms with Crippen LogP contribution in [0.3, 0.4) is 0 Å². The molecule has 1 amide bonds. The van der Waals surface area contributed by atoms with Crippen molar-refractivity contribution in [1.82, 2.24) is 4.98 Å². The maximum absolute atomic E-state index is 12.5. The normalized spacial score (nSPS) is 11.1. The van der Waals surface area contributed by atoms with Gasteiger partial charge in [0.15, 0.2) is 5.13 Å². The summed E-state index contributed by atoms with van der Waals surface area (Å²) in [5.74, 6) is 0.244. The number of nitrogens with zero attached hydrogens (tertiary/aromatic N) is 1. The summed E-state index contributed by atoms with van der Waals surface area (Å²) >= 11 is 2.92. The third-order valence-corrected chi connectivity index (χ3v) is 7.31. The molecule has 0 spiro atoms. The van der Waals surface area contributed by atoms with Crippen molar-refractivity contribution in [2.75, 3.05) is 17.1 Å². The van der Waals surface area contributed by atoms with Crippen molar-refractivity contribution in [1.29, 1.82) is 0 Å². The highest BCUT2D eigenvalue weighted by Crippen LogP contribution is 2.28. The molecule has 0 unspecified atom stereocenters. The van der Waals surface area contributed by atoms with E-state index in [1.165, 1.54) is 42.7 Å². The minimum Gasteiger partial charge on any atom is -0.497 e. The number of thiazole rings is 1. The molecule has 0 atom stereocenters. The zero-order valence-corrected chi connectivity index (χ0v) is 18.7. The molecule has 0 radical (unpaired) electrons. The number of amides is 1. The maximum Gasteiger partial charge on any atom is 0.261 e. The minimum atomic E-state index is -3.75. The van der Waals surface area contributed by atoms with Crippen molar-refractivity contribution < 1.29 is 17.9 Å². The Morgan fingerprint density at radius 2 is 1.74 bits per heavy atom. The second-order valence-corrected chi connectivity index (χ2v) is 9.82. The van der Waals surface area contributed by atoms with E-state index in [-0.39, 0.29) is 10.8 Å². The van der Waals surface area contributed by atoms with Gasteiger partial charge >= 0.3 is 0 Å². The largest absolute Gasteiger partial charge is 0.497 e. The summed E-state index contributed by atoms with van der Waals surface area (Å²) in [5, 5.41) is 7.12. The second kappa shape index (κ2) is 8.88. The van der Waals surface area contributed by atoms with Gasteiger partial charge < -0.3 is 4.74 Å². The van der Waals surface area contributed by atoms with Crippen molar-refractivity contribution in [2.24, 2.45) is 0 Å². The Bertz CT molecular complexity index is 1280. The lowest BCUT2D eigenvalue weighted by molar-refractivity contribution is 0.102. The highest BCUT2D eigenvalue weighted by atomic mass is 32.2. The summed E-state index contributed by atoms with van der Waals surface area (Å²) in [6.07, 6.45) is 0. The molecule has 0 saturated carbocycles. The van der Waals surface area contributed by atoms with Crippen LogP contribution in [0.15, 0.2) is 76.3 Å². The number of nitrogens with one attached hydrogen (secondary N) is 2. The van der Waals surface area contributed by atoms with E-state index in [0.29, 0.717) is 22.1 Å². The van der Waals surface area contributed by atoms with Crippen LogP contribution in [-0.2, 0) is 10.0 Å². The lowest BCUT2D eigenvalue weighted by Crippen LogP contribution is -2.14. The number of sulfonamides is 1. The van der Waals surface area contributed by atoms with E-state index in [9.17, 15) is 13.2 Å². The fraction of sp³-hybridized carbons (Fsp3) is 0.0476. The molecule has 7 nitrogen and oxygen atoms in total. The first-order chi connectivity index (χ1) is 14.9. The number of hydrogen-bond acceptors (Lipinski definition) is 7. The van der Waals surface area contributed by atoms with Crippen LogP contribution in [0.25, 0.3) is 10.6 Å². The first-order valence-corrected chi connectivity index (χ1v) is 12.3. The Morgan fingerprint density at radius 1 is 1.00 bits per heavy atom. The summed E-state index contributed by atoms with van der Waals surface area (Å²) in [5.41, 5.74) is 1.56. The summed E-state index contributed by atoms with van der Waals surface area (Å²) in [7, 11) is -2.24. The van der Waals surface area contributed by atoms with Crippen molar-refractivity contribution in [3.8, 4) is 16.3 Å². The molecule has 4 aromatic rings. The predicted molar refractivity (Wildman–Crippen MR) is 124 cm³/mol. The van der Waals surface area contributed by atoms with E-state index in [2.05, 4.69) is 15.0 Å². The third-order valence-electron chi connectivity index (χ3n) is 4.27.